The number of amides is 1. The monoisotopic (exact) mass is 346 g/mol. The maximum absolute atomic E-state index is 11.5. The lowest BCUT2D eigenvalue weighted by Crippen LogP contribution is -2.40. The molecule has 2 rings (SSSR count). The Morgan fingerprint density at radius 2 is 1.88 bits per heavy atom. The zero-order valence-corrected chi connectivity index (χ0v) is 15.6. The Bertz CT molecular complexity index is 581. The van der Waals surface area contributed by atoms with Crippen LogP contribution in [0.5, 0.6) is 0 Å². The quantitative estimate of drug-likeness (QED) is 0.420. The third-order valence-corrected chi connectivity index (χ3v) is 3.88. The van der Waals surface area contributed by atoms with E-state index in [2.05, 4.69) is 45.2 Å². The number of nitrogens with one attached hydrogen (secondary N) is 3. The van der Waals surface area contributed by atoms with E-state index >= 15 is 0 Å². The smallest absolute Gasteiger partial charge is 0.407 e. The largest absolute Gasteiger partial charge is 0.444 e. The maximum atomic E-state index is 11.5. The molecule has 2 unspecified atom stereocenters. The summed E-state index contributed by atoms with van der Waals surface area (Å²) >= 11 is 0. The second kappa shape index (κ2) is 8.74. The van der Waals surface area contributed by atoms with Gasteiger partial charge in [0.15, 0.2) is 5.96 Å². The van der Waals surface area contributed by atoms with E-state index in [0.29, 0.717) is 18.5 Å². The van der Waals surface area contributed by atoms with Crippen molar-refractivity contribution in [3.63, 3.8) is 0 Å². The van der Waals surface area contributed by atoms with Crippen molar-refractivity contribution in [2.45, 2.75) is 51.2 Å². The van der Waals surface area contributed by atoms with E-state index in [-0.39, 0.29) is 6.09 Å². The molecular weight excluding hydrogens is 316 g/mol. The topological polar surface area (TPSA) is 74.8 Å². The van der Waals surface area contributed by atoms with Crippen LogP contribution in [0.25, 0.3) is 0 Å². The van der Waals surface area contributed by atoms with Crippen LogP contribution in [0.15, 0.2) is 35.3 Å². The second-order valence-corrected chi connectivity index (χ2v) is 7.28. The molecule has 3 N–H and O–H groups in total. The van der Waals surface area contributed by atoms with Crippen molar-refractivity contribution >= 4 is 12.1 Å². The zero-order chi connectivity index (χ0) is 18.3. The standard InChI is InChI=1S/C19H30N4O2/c1-19(2,3)25-18(24)22-12-8-11-21-17(20-4)23-16-13-15(16)14-9-6-5-7-10-14/h5-7,9-10,15-16H,8,11-13H2,1-4H3,(H,22,24)(H2,20,21,23). The Morgan fingerprint density at radius 1 is 1.20 bits per heavy atom. The van der Waals surface area contributed by atoms with Gasteiger partial charge in [-0.2, -0.15) is 0 Å². The molecule has 25 heavy (non-hydrogen) atoms. The Balaban J connectivity index is 1.60. The number of rotatable bonds is 6. The van der Waals surface area contributed by atoms with Gasteiger partial charge in [-0.25, -0.2) is 4.79 Å². The van der Waals surface area contributed by atoms with E-state index in [0.717, 1.165) is 25.3 Å². The van der Waals surface area contributed by atoms with Crippen LogP contribution in [0.3, 0.4) is 0 Å². The Morgan fingerprint density at radius 3 is 2.52 bits per heavy atom. The average molecular weight is 346 g/mol. The van der Waals surface area contributed by atoms with Crippen LogP contribution in [0.4, 0.5) is 4.79 Å². The van der Waals surface area contributed by atoms with Gasteiger partial charge in [0.25, 0.3) is 0 Å². The minimum atomic E-state index is -0.464. The fraction of sp³-hybridized carbons (Fsp3) is 0.579. The van der Waals surface area contributed by atoms with E-state index in [1.54, 1.807) is 7.05 Å². The molecule has 0 saturated heterocycles. The van der Waals surface area contributed by atoms with E-state index in [1.165, 1.54) is 5.56 Å². The van der Waals surface area contributed by atoms with Gasteiger partial charge in [-0.3, -0.25) is 4.99 Å². The summed E-state index contributed by atoms with van der Waals surface area (Å²) < 4.78 is 5.19. The number of ether oxygens (including phenoxy) is 1. The molecule has 1 fully saturated rings. The highest BCUT2D eigenvalue weighted by molar-refractivity contribution is 5.80. The van der Waals surface area contributed by atoms with E-state index in [4.69, 9.17) is 4.74 Å². The Hall–Kier alpha value is -2.24. The molecule has 1 aliphatic carbocycles. The van der Waals surface area contributed by atoms with E-state index < -0.39 is 5.60 Å². The van der Waals surface area contributed by atoms with Gasteiger partial charge in [0.1, 0.15) is 5.60 Å². The molecule has 1 aromatic carbocycles. The Kier molecular flexibility index (Phi) is 6.67. The molecule has 0 heterocycles. The van der Waals surface area contributed by atoms with Crippen LogP contribution in [0, 0.1) is 0 Å². The molecular formula is C19H30N4O2. The summed E-state index contributed by atoms with van der Waals surface area (Å²) in [6.45, 7) is 6.85. The number of nitrogens with zero attached hydrogens (tertiary/aromatic N) is 1. The van der Waals surface area contributed by atoms with Gasteiger partial charge >= 0.3 is 6.09 Å². The molecule has 0 aliphatic heterocycles. The van der Waals surface area contributed by atoms with E-state index in [1.807, 2.05) is 26.8 Å². The average Bonchev–Trinajstić information content (AvgIpc) is 3.32. The highest BCUT2D eigenvalue weighted by Crippen LogP contribution is 2.40. The molecule has 1 saturated carbocycles. The predicted octanol–water partition coefficient (Wildman–Crippen LogP) is 2.62. The number of hydrogen-bond donors (Lipinski definition) is 3. The van der Waals surface area contributed by atoms with Crippen molar-refractivity contribution in [3.8, 4) is 0 Å². The lowest BCUT2D eigenvalue weighted by molar-refractivity contribution is 0.0527. The third-order valence-electron chi connectivity index (χ3n) is 3.88. The minimum Gasteiger partial charge on any atom is -0.444 e. The normalized spacial score (nSPS) is 19.9. The maximum Gasteiger partial charge on any atom is 0.407 e. The molecule has 0 radical (unpaired) electrons. The van der Waals surface area contributed by atoms with Gasteiger partial charge in [0.05, 0.1) is 0 Å². The van der Waals surface area contributed by atoms with Crippen molar-refractivity contribution in [2.24, 2.45) is 4.99 Å². The van der Waals surface area contributed by atoms with Crippen LogP contribution in [0.2, 0.25) is 0 Å². The van der Waals surface area contributed by atoms with Gasteiger partial charge in [0, 0.05) is 32.1 Å². The van der Waals surface area contributed by atoms with Gasteiger partial charge in [-0.1, -0.05) is 30.3 Å². The molecule has 0 bridgehead atoms. The molecule has 138 valence electrons. The first-order chi connectivity index (χ1) is 11.9. The number of carbonyl (C=O) groups is 1. The molecule has 1 amide bonds. The summed E-state index contributed by atoms with van der Waals surface area (Å²) in [5.41, 5.74) is 0.908. The summed E-state index contributed by atoms with van der Waals surface area (Å²) in [6, 6.07) is 11.0. The predicted molar refractivity (Wildman–Crippen MR) is 101 cm³/mol. The van der Waals surface area contributed by atoms with Crippen molar-refractivity contribution in [1.82, 2.24) is 16.0 Å². The first-order valence-electron chi connectivity index (χ1n) is 8.88. The third kappa shape index (κ3) is 7.03. The number of hydrogen-bond acceptors (Lipinski definition) is 3. The second-order valence-electron chi connectivity index (χ2n) is 7.28. The fourth-order valence-corrected chi connectivity index (χ4v) is 2.59. The zero-order valence-electron chi connectivity index (χ0n) is 15.6. The molecule has 6 heteroatoms. The first kappa shape index (κ1) is 19.1. The van der Waals surface area contributed by atoms with Crippen LogP contribution < -0.4 is 16.0 Å². The van der Waals surface area contributed by atoms with Gasteiger partial charge in [-0.15, -0.1) is 0 Å². The van der Waals surface area contributed by atoms with Crippen LogP contribution in [-0.2, 0) is 4.74 Å². The van der Waals surface area contributed by atoms with Crippen molar-refractivity contribution in [2.75, 3.05) is 20.1 Å². The molecule has 1 aromatic rings. The Labute approximate surface area is 150 Å². The highest BCUT2D eigenvalue weighted by atomic mass is 16.6. The number of guanidine groups is 1. The van der Waals surface area contributed by atoms with Crippen LogP contribution in [-0.4, -0.2) is 43.8 Å². The molecule has 0 aromatic heterocycles. The van der Waals surface area contributed by atoms with Crippen LogP contribution >= 0.6 is 0 Å². The van der Waals surface area contributed by atoms with Crippen molar-refractivity contribution in [3.05, 3.63) is 35.9 Å². The molecule has 0 spiro atoms. The van der Waals surface area contributed by atoms with Crippen molar-refractivity contribution < 1.29 is 9.53 Å². The molecule has 1 aliphatic rings. The lowest BCUT2D eigenvalue weighted by Gasteiger charge is -2.19. The molecule has 2 atom stereocenters. The number of carbonyl (C=O) groups excluding carboxylic acids is 1. The first-order valence-corrected chi connectivity index (χ1v) is 8.88. The minimum absolute atomic E-state index is 0.376. The number of benzene rings is 1. The van der Waals surface area contributed by atoms with E-state index in [9.17, 15) is 4.79 Å². The summed E-state index contributed by atoms with van der Waals surface area (Å²) in [5, 5.41) is 9.48. The SMILES string of the molecule is CN=C(NCCCNC(=O)OC(C)(C)C)NC1CC1c1ccccc1. The summed E-state index contributed by atoms with van der Waals surface area (Å²) in [6.07, 6.45) is 1.55. The summed E-state index contributed by atoms with van der Waals surface area (Å²) in [5.74, 6) is 1.37. The fourth-order valence-electron chi connectivity index (χ4n) is 2.59. The number of alkyl carbamates (subject to hydrolysis) is 1. The van der Waals surface area contributed by atoms with Gasteiger partial charge in [0.2, 0.25) is 0 Å². The number of aliphatic imine (C=N–C) groups is 1. The summed E-state index contributed by atoms with van der Waals surface area (Å²) in [4.78, 5) is 15.8. The van der Waals surface area contributed by atoms with Crippen LogP contribution in [0.1, 0.15) is 45.1 Å². The van der Waals surface area contributed by atoms with Gasteiger partial charge < -0.3 is 20.7 Å². The van der Waals surface area contributed by atoms with Crippen molar-refractivity contribution in [1.29, 1.82) is 0 Å². The highest BCUT2D eigenvalue weighted by Gasteiger charge is 2.38. The summed E-state index contributed by atoms with van der Waals surface area (Å²) in [7, 11) is 1.77. The van der Waals surface area contributed by atoms with Gasteiger partial charge in [-0.05, 0) is 39.2 Å². The lowest BCUT2D eigenvalue weighted by atomic mass is 10.1. The molecule has 6 nitrogen and oxygen atoms in total.